The molecule has 1 aliphatic rings. The van der Waals surface area contributed by atoms with E-state index < -0.39 is 0 Å². The number of nitrogens with one attached hydrogen (secondary N) is 1. The summed E-state index contributed by atoms with van der Waals surface area (Å²) in [5.74, 6) is -0.165. The van der Waals surface area contributed by atoms with E-state index in [4.69, 9.17) is 10.2 Å². The topological polar surface area (TPSA) is 88.6 Å². The number of nitrogens with zero attached hydrogens (tertiary/aromatic N) is 1. The first-order valence-electron chi connectivity index (χ1n) is 8.58. The number of anilines is 1. The maximum absolute atomic E-state index is 12.9. The summed E-state index contributed by atoms with van der Waals surface area (Å²) in [5, 5.41) is 2.75. The van der Waals surface area contributed by atoms with Gasteiger partial charge in [0.2, 0.25) is 0 Å². The van der Waals surface area contributed by atoms with Gasteiger partial charge < -0.3 is 20.4 Å². The van der Waals surface area contributed by atoms with Crippen LogP contribution in [0.3, 0.4) is 0 Å². The lowest BCUT2D eigenvalue weighted by molar-refractivity contribution is 0.0583. The second-order valence-corrected chi connectivity index (χ2v) is 6.43. The van der Waals surface area contributed by atoms with Crippen LogP contribution in [-0.2, 0) is 0 Å². The summed E-state index contributed by atoms with van der Waals surface area (Å²) in [6.45, 7) is 2.66. The monoisotopic (exact) mass is 341 g/mol. The molecule has 1 fully saturated rings. The minimum absolute atomic E-state index is 0.0453. The molecule has 0 bridgehead atoms. The third kappa shape index (κ3) is 3.91. The number of hydrogen-bond acceptors (Lipinski definition) is 4. The summed E-state index contributed by atoms with van der Waals surface area (Å²) in [6.07, 6.45) is 4.46. The highest BCUT2D eigenvalue weighted by atomic mass is 16.3. The Labute approximate surface area is 147 Å². The SMILES string of the molecule is CC(N)C1CCCCN1C(=O)c1cccc(NC(=O)c2ccco2)c1. The van der Waals surface area contributed by atoms with Crippen molar-refractivity contribution in [1.82, 2.24) is 4.90 Å². The largest absolute Gasteiger partial charge is 0.459 e. The van der Waals surface area contributed by atoms with Gasteiger partial charge in [-0.25, -0.2) is 0 Å². The van der Waals surface area contributed by atoms with Crippen LogP contribution in [0, 0.1) is 0 Å². The molecule has 0 aliphatic carbocycles. The lowest BCUT2D eigenvalue weighted by atomic mass is 9.96. The lowest BCUT2D eigenvalue weighted by Crippen LogP contribution is -2.51. The van der Waals surface area contributed by atoms with Gasteiger partial charge in [0, 0.05) is 29.9 Å². The number of carbonyl (C=O) groups excluding carboxylic acids is 2. The Hall–Kier alpha value is -2.60. The minimum atomic E-state index is -0.346. The van der Waals surface area contributed by atoms with Crippen molar-refractivity contribution >= 4 is 17.5 Å². The molecule has 1 saturated heterocycles. The predicted octanol–water partition coefficient (Wildman–Crippen LogP) is 2.87. The Morgan fingerprint density at radius 1 is 1.28 bits per heavy atom. The van der Waals surface area contributed by atoms with Crippen molar-refractivity contribution in [3.63, 3.8) is 0 Å². The van der Waals surface area contributed by atoms with Gasteiger partial charge in [0.1, 0.15) is 0 Å². The molecule has 0 saturated carbocycles. The summed E-state index contributed by atoms with van der Waals surface area (Å²) in [7, 11) is 0. The van der Waals surface area contributed by atoms with E-state index in [0.29, 0.717) is 17.8 Å². The molecule has 2 unspecified atom stereocenters. The van der Waals surface area contributed by atoms with Gasteiger partial charge >= 0.3 is 0 Å². The van der Waals surface area contributed by atoms with Gasteiger partial charge in [-0.1, -0.05) is 6.07 Å². The summed E-state index contributed by atoms with van der Waals surface area (Å²) in [4.78, 5) is 26.9. The van der Waals surface area contributed by atoms with Crippen molar-refractivity contribution in [1.29, 1.82) is 0 Å². The van der Waals surface area contributed by atoms with Crippen LogP contribution in [0.4, 0.5) is 5.69 Å². The maximum atomic E-state index is 12.9. The molecular formula is C19H23N3O3. The molecule has 3 rings (SSSR count). The number of rotatable bonds is 4. The Balaban J connectivity index is 1.76. The van der Waals surface area contributed by atoms with Crippen LogP contribution >= 0.6 is 0 Å². The van der Waals surface area contributed by atoms with Crippen LogP contribution in [0.25, 0.3) is 0 Å². The van der Waals surface area contributed by atoms with Gasteiger partial charge in [0.25, 0.3) is 11.8 Å². The fraction of sp³-hybridized carbons (Fsp3) is 0.368. The second kappa shape index (κ2) is 7.53. The van der Waals surface area contributed by atoms with Crippen molar-refractivity contribution in [2.24, 2.45) is 5.73 Å². The van der Waals surface area contributed by atoms with Gasteiger partial charge in [-0.3, -0.25) is 9.59 Å². The Morgan fingerprint density at radius 3 is 2.84 bits per heavy atom. The van der Waals surface area contributed by atoms with Gasteiger partial charge in [-0.15, -0.1) is 0 Å². The van der Waals surface area contributed by atoms with Crippen molar-refractivity contribution < 1.29 is 14.0 Å². The fourth-order valence-corrected chi connectivity index (χ4v) is 3.25. The highest BCUT2D eigenvalue weighted by molar-refractivity contribution is 6.03. The number of amides is 2. The van der Waals surface area contributed by atoms with E-state index in [1.54, 1.807) is 36.4 Å². The zero-order valence-electron chi connectivity index (χ0n) is 14.3. The fourth-order valence-electron chi connectivity index (χ4n) is 3.25. The van der Waals surface area contributed by atoms with Crippen LogP contribution in [0.2, 0.25) is 0 Å². The zero-order valence-corrected chi connectivity index (χ0v) is 14.3. The van der Waals surface area contributed by atoms with Crippen LogP contribution in [-0.4, -0.2) is 35.3 Å². The number of nitrogens with two attached hydrogens (primary N) is 1. The van der Waals surface area contributed by atoms with Gasteiger partial charge in [-0.2, -0.15) is 0 Å². The third-order valence-electron chi connectivity index (χ3n) is 4.53. The number of benzene rings is 1. The highest BCUT2D eigenvalue weighted by Crippen LogP contribution is 2.22. The van der Waals surface area contributed by atoms with Crippen molar-refractivity contribution in [3.05, 3.63) is 54.0 Å². The molecule has 1 aromatic heterocycles. The third-order valence-corrected chi connectivity index (χ3v) is 4.53. The van der Waals surface area contributed by atoms with Gasteiger partial charge in [-0.05, 0) is 56.5 Å². The molecule has 2 amide bonds. The van der Waals surface area contributed by atoms with Gasteiger partial charge in [0.15, 0.2) is 5.76 Å². The highest BCUT2D eigenvalue weighted by Gasteiger charge is 2.29. The average Bonchev–Trinajstić information content (AvgIpc) is 3.16. The molecule has 2 aromatic rings. The number of hydrogen-bond donors (Lipinski definition) is 2. The molecule has 2 atom stereocenters. The van der Waals surface area contributed by atoms with E-state index in [1.807, 2.05) is 11.8 Å². The van der Waals surface area contributed by atoms with Crippen molar-refractivity contribution in [3.8, 4) is 0 Å². The van der Waals surface area contributed by atoms with Crippen LogP contribution in [0.1, 0.15) is 47.1 Å². The molecule has 1 aromatic carbocycles. The second-order valence-electron chi connectivity index (χ2n) is 6.43. The first-order chi connectivity index (χ1) is 12.1. The molecule has 2 heterocycles. The van der Waals surface area contributed by atoms with Crippen molar-refractivity contribution in [2.45, 2.75) is 38.3 Å². The van der Waals surface area contributed by atoms with Crippen molar-refractivity contribution in [2.75, 3.05) is 11.9 Å². The molecule has 0 radical (unpaired) electrons. The molecule has 0 spiro atoms. The number of furan rings is 1. The summed E-state index contributed by atoms with van der Waals surface area (Å²) in [5.41, 5.74) is 7.17. The number of likely N-dealkylation sites (tertiary alicyclic amines) is 1. The van der Waals surface area contributed by atoms with E-state index in [2.05, 4.69) is 5.32 Å². The molecule has 3 N–H and O–H groups in total. The molecule has 25 heavy (non-hydrogen) atoms. The predicted molar refractivity (Wildman–Crippen MR) is 95.4 cm³/mol. The number of piperidine rings is 1. The Bertz CT molecular complexity index is 740. The molecule has 1 aliphatic heterocycles. The van der Waals surface area contributed by atoms with E-state index in [-0.39, 0.29) is 29.7 Å². The Kier molecular flexibility index (Phi) is 5.19. The normalized spacial score (nSPS) is 18.6. The quantitative estimate of drug-likeness (QED) is 0.895. The molecular weight excluding hydrogens is 318 g/mol. The van der Waals surface area contributed by atoms with E-state index in [1.165, 1.54) is 6.26 Å². The van der Waals surface area contributed by atoms with Crippen LogP contribution in [0.15, 0.2) is 47.1 Å². The lowest BCUT2D eigenvalue weighted by Gasteiger charge is -2.38. The maximum Gasteiger partial charge on any atom is 0.291 e. The molecule has 132 valence electrons. The molecule has 6 nitrogen and oxygen atoms in total. The first kappa shape index (κ1) is 17.2. The van der Waals surface area contributed by atoms with Crippen LogP contribution in [0.5, 0.6) is 0 Å². The Morgan fingerprint density at radius 2 is 2.12 bits per heavy atom. The smallest absolute Gasteiger partial charge is 0.291 e. The summed E-state index contributed by atoms with van der Waals surface area (Å²) >= 11 is 0. The standard InChI is InChI=1S/C19H23N3O3/c1-13(20)16-8-2-3-10-22(16)19(24)14-6-4-7-15(12-14)21-18(23)17-9-5-11-25-17/h4-7,9,11-13,16H,2-3,8,10,20H2,1H3,(H,21,23). The summed E-state index contributed by atoms with van der Waals surface area (Å²) in [6, 6.07) is 10.2. The van der Waals surface area contributed by atoms with Crippen LogP contribution < -0.4 is 11.1 Å². The van der Waals surface area contributed by atoms with Gasteiger partial charge in [0.05, 0.1) is 6.26 Å². The number of carbonyl (C=O) groups is 2. The minimum Gasteiger partial charge on any atom is -0.459 e. The van der Waals surface area contributed by atoms with E-state index in [9.17, 15) is 9.59 Å². The zero-order chi connectivity index (χ0) is 17.8. The molecule has 6 heteroatoms. The van der Waals surface area contributed by atoms with E-state index in [0.717, 1.165) is 19.3 Å². The summed E-state index contributed by atoms with van der Waals surface area (Å²) < 4.78 is 5.08. The first-order valence-corrected chi connectivity index (χ1v) is 8.58. The van der Waals surface area contributed by atoms with E-state index >= 15 is 0 Å². The average molecular weight is 341 g/mol.